The third kappa shape index (κ3) is 5.22. The van der Waals surface area contributed by atoms with Gasteiger partial charge in [-0.2, -0.15) is 0 Å². The average Bonchev–Trinajstić information content (AvgIpc) is 2.91. The maximum absolute atomic E-state index is 12.4. The molecule has 1 amide bonds. The van der Waals surface area contributed by atoms with E-state index in [2.05, 4.69) is 25.7 Å². The SMILES string of the molecule is COc1ccc(N2CCN(c3ncnc(NNC(=O)c4cccc([N+](=O)[O-])c4)c3[N+](=O)[O-])CC2)cc1. The molecule has 1 aromatic heterocycles. The molecule has 2 heterocycles. The van der Waals surface area contributed by atoms with Crippen molar-refractivity contribution in [2.24, 2.45) is 0 Å². The molecule has 14 heteroatoms. The van der Waals surface area contributed by atoms with Crippen LogP contribution in [0.4, 0.5) is 28.7 Å². The second-order valence-corrected chi connectivity index (χ2v) is 7.71. The van der Waals surface area contributed by atoms with Gasteiger partial charge in [-0.1, -0.05) is 6.07 Å². The highest BCUT2D eigenvalue weighted by Gasteiger charge is 2.29. The van der Waals surface area contributed by atoms with Crippen LogP contribution in [0.3, 0.4) is 0 Å². The van der Waals surface area contributed by atoms with Crippen molar-refractivity contribution in [2.75, 3.05) is 48.5 Å². The number of anilines is 3. The molecule has 0 radical (unpaired) electrons. The number of amides is 1. The van der Waals surface area contributed by atoms with Gasteiger partial charge in [0.2, 0.25) is 11.6 Å². The minimum atomic E-state index is -0.721. The number of nitrogens with one attached hydrogen (secondary N) is 2. The highest BCUT2D eigenvalue weighted by Crippen LogP contribution is 2.32. The van der Waals surface area contributed by atoms with Crippen molar-refractivity contribution < 1.29 is 19.4 Å². The molecular weight excluding hydrogens is 472 g/mol. The molecule has 4 rings (SSSR count). The molecule has 1 saturated heterocycles. The van der Waals surface area contributed by atoms with Gasteiger partial charge in [0.1, 0.15) is 12.1 Å². The lowest BCUT2D eigenvalue weighted by Gasteiger charge is -2.36. The number of hydrazine groups is 1. The monoisotopic (exact) mass is 494 g/mol. The number of methoxy groups -OCH3 is 1. The lowest BCUT2D eigenvalue weighted by Crippen LogP contribution is -2.47. The van der Waals surface area contributed by atoms with Gasteiger partial charge in [-0.25, -0.2) is 9.97 Å². The standard InChI is InChI=1S/C22H22N8O6/c1-36-18-7-5-16(6-8-18)27-9-11-28(12-10-27)21-19(30(34)35)20(23-14-24-21)25-26-22(31)15-3-2-4-17(13-15)29(32)33/h2-8,13-14H,9-12H2,1H3,(H,26,31)(H,23,24,25). The maximum Gasteiger partial charge on any atom is 0.355 e. The van der Waals surface area contributed by atoms with Crippen LogP contribution in [0, 0.1) is 20.2 Å². The lowest BCUT2D eigenvalue weighted by atomic mass is 10.2. The molecule has 0 atom stereocenters. The molecule has 0 bridgehead atoms. The average molecular weight is 494 g/mol. The van der Waals surface area contributed by atoms with Crippen molar-refractivity contribution in [3.05, 3.63) is 80.7 Å². The van der Waals surface area contributed by atoms with Crippen molar-refractivity contribution in [1.82, 2.24) is 15.4 Å². The van der Waals surface area contributed by atoms with Gasteiger partial charge in [-0.15, -0.1) is 0 Å². The summed E-state index contributed by atoms with van der Waals surface area (Å²) in [5.41, 5.74) is 5.12. The maximum atomic E-state index is 12.4. The van der Waals surface area contributed by atoms with E-state index in [4.69, 9.17) is 4.74 Å². The predicted octanol–water partition coefficient (Wildman–Crippen LogP) is 2.39. The van der Waals surface area contributed by atoms with Crippen LogP contribution in [0.1, 0.15) is 10.4 Å². The summed E-state index contributed by atoms with van der Waals surface area (Å²) >= 11 is 0. The van der Waals surface area contributed by atoms with Crippen LogP contribution in [-0.2, 0) is 0 Å². The van der Waals surface area contributed by atoms with Gasteiger partial charge in [0.25, 0.3) is 11.6 Å². The summed E-state index contributed by atoms with van der Waals surface area (Å²) in [6.07, 6.45) is 1.17. The second kappa shape index (κ2) is 10.5. The second-order valence-electron chi connectivity index (χ2n) is 7.71. The minimum absolute atomic E-state index is 0.00304. The summed E-state index contributed by atoms with van der Waals surface area (Å²) in [5, 5.41) is 22.9. The van der Waals surface area contributed by atoms with Crippen LogP contribution in [0.25, 0.3) is 0 Å². The number of carbonyl (C=O) groups is 1. The first kappa shape index (κ1) is 24.1. The van der Waals surface area contributed by atoms with Crippen molar-refractivity contribution in [2.45, 2.75) is 0 Å². The largest absolute Gasteiger partial charge is 0.497 e. The molecule has 0 unspecified atom stereocenters. The first-order chi connectivity index (χ1) is 17.4. The summed E-state index contributed by atoms with van der Waals surface area (Å²) in [6.45, 7) is 2.17. The van der Waals surface area contributed by atoms with Crippen molar-refractivity contribution in [3.63, 3.8) is 0 Å². The van der Waals surface area contributed by atoms with Gasteiger partial charge in [-0.05, 0) is 30.3 Å². The molecule has 0 saturated carbocycles. The molecule has 36 heavy (non-hydrogen) atoms. The van der Waals surface area contributed by atoms with E-state index < -0.39 is 21.4 Å². The van der Waals surface area contributed by atoms with Crippen molar-refractivity contribution >= 4 is 34.6 Å². The Morgan fingerprint density at radius 2 is 1.67 bits per heavy atom. The molecular formula is C22H22N8O6. The molecule has 0 spiro atoms. The first-order valence-corrected chi connectivity index (χ1v) is 10.8. The smallest absolute Gasteiger partial charge is 0.355 e. The number of hydrogen-bond acceptors (Lipinski definition) is 11. The predicted molar refractivity (Wildman–Crippen MR) is 130 cm³/mol. The van der Waals surface area contributed by atoms with Gasteiger partial charge in [0.15, 0.2) is 0 Å². The Kier molecular flexibility index (Phi) is 7.04. The molecule has 2 N–H and O–H groups in total. The Morgan fingerprint density at radius 3 is 2.31 bits per heavy atom. The Balaban J connectivity index is 1.46. The van der Waals surface area contributed by atoms with E-state index in [0.717, 1.165) is 17.5 Å². The summed E-state index contributed by atoms with van der Waals surface area (Å²) in [7, 11) is 1.60. The topological polar surface area (TPSA) is 169 Å². The van der Waals surface area contributed by atoms with Crippen LogP contribution < -0.4 is 25.4 Å². The highest BCUT2D eigenvalue weighted by molar-refractivity contribution is 5.95. The summed E-state index contributed by atoms with van der Waals surface area (Å²) in [6, 6.07) is 12.7. The van der Waals surface area contributed by atoms with Crippen LogP contribution in [0.5, 0.6) is 5.75 Å². The van der Waals surface area contributed by atoms with E-state index in [1.165, 1.54) is 24.5 Å². The Bertz CT molecular complexity index is 1280. The number of nitro groups is 2. The number of hydrogen-bond donors (Lipinski definition) is 2. The number of aromatic nitrogens is 2. The molecule has 0 aliphatic carbocycles. The number of ether oxygens (including phenoxy) is 1. The quantitative estimate of drug-likeness (QED) is 0.348. The van der Waals surface area contributed by atoms with E-state index in [9.17, 15) is 25.0 Å². The van der Waals surface area contributed by atoms with Gasteiger partial charge < -0.3 is 14.5 Å². The fourth-order valence-corrected chi connectivity index (χ4v) is 3.78. The third-order valence-corrected chi connectivity index (χ3v) is 5.62. The van der Waals surface area contributed by atoms with Gasteiger partial charge in [-0.3, -0.25) is 35.9 Å². The summed E-state index contributed by atoms with van der Waals surface area (Å²) < 4.78 is 5.19. The van der Waals surface area contributed by atoms with Gasteiger partial charge in [0.05, 0.1) is 17.0 Å². The number of non-ortho nitro benzene ring substituents is 1. The number of nitro benzene ring substituents is 1. The molecule has 3 aromatic rings. The number of benzene rings is 2. The zero-order valence-corrected chi connectivity index (χ0v) is 19.2. The number of carbonyl (C=O) groups excluding carboxylic acids is 1. The van der Waals surface area contributed by atoms with E-state index >= 15 is 0 Å². The van der Waals surface area contributed by atoms with Gasteiger partial charge in [0, 0.05) is 49.6 Å². The van der Waals surface area contributed by atoms with Crippen LogP contribution >= 0.6 is 0 Å². The molecule has 14 nitrogen and oxygen atoms in total. The molecule has 1 aliphatic rings. The fourth-order valence-electron chi connectivity index (χ4n) is 3.78. The van der Waals surface area contributed by atoms with E-state index in [1.54, 1.807) is 12.0 Å². The summed E-state index contributed by atoms with van der Waals surface area (Å²) in [4.78, 5) is 46.0. The Hall–Kier alpha value is -5.01. The van der Waals surface area contributed by atoms with Crippen LogP contribution in [-0.4, -0.2) is 59.0 Å². The normalized spacial score (nSPS) is 13.1. The molecule has 2 aromatic carbocycles. The Labute approximate surface area is 204 Å². The van der Waals surface area contributed by atoms with Crippen molar-refractivity contribution in [1.29, 1.82) is 0 Å². The number of nitrogens with zero attached hydrogens (tertiary/aromatic N) is 6. The highest BCUT2D eigenvalue weighted by atomic mass is 16.6. The van der Waals surface area contributed by atoms with Crippen LogP contribution in [0.2, 0.25) is 0 Å². The minimum Gasteiger partial charge on any atom is -0.497 e. The molecule has 1 fully saturated rings. The molecule has 1 aliphatic heterocycles. The van der Waals surface area contributed by atoms with Crippen LogP contribution in [0.15, 0.2) is 54.9 Å². The van der Waals surface area contributed by atoms with Crippen molar-refractivity contribution in [3.8, 4) is 5.75 Å². The zero-order chi connectivity index (χ0) is 25.7. The van der Waals surface area contributed by atoms with E-state index in [0.29, 0.717) is 26.2 Å². The zero-order valence-electron chi connectivity index (χ0n) is 19.2. The first-order valence-electron chi connectivity index (χ1n) is 10.8. The van der Waals surface area contributed by atoms with E-state index in [-0.39, 0.29) is 22.9 Å². The third-order valence-electron chi connectivity index (χ3n) is 5.62. The molecule has 186 valence electrons. The fraction of sp³-hybridized carbons (Fsp3) is 0.227. The lowest BCUT2D eigenvalue weighted by molar-refractivity contribution is -0.384. The van der Waals surface area contributed by atoms with Gasteiger partial charge >= 0.3 is 5.69 Å². The Morgan fingerprint density at radius 1 is 0.972 bits per heavy atom. The summed E-state index contributed by atoms with van der Waals surface area (Å²) in [5.74, 6) is -0.0503. The number of piperazine rings is 1. The number of rotatable bonds is 8. The van der Waals surface area contributed by atoms with E-state index in [1.807, 2.05) is 24.3 Å².